The van der Waals surface area contributed by atoms with Gasteiger partial charge in [0.1, 0.15) is 16.9 Å². The molecule has 2 aromatic heterocycles. The Morgan fingerprint density at radius 3 is 2.80 bits per heavy atom. The fraction of sp³-hybridized carbons (Fsp3) is 0.480. The summed E-state index contributed by atoms with van der Waals surface area (Å²) in [7, 11) is 0. The number of alkyl halides is 2. The number of hydrogen-bond acceptors (Lipinski definition) is 6. The van der Waals surface area contributed by atoms with Crippen LogP contribution in [0.5, 0.6) is 5.75 Å². The van der Waals surface area contributed by atoms with Gasteiger partial charge >= 0.3 is 0 Å². The highest BCUT2D eigenvalue weighted by Gasteiger charge is 2.47. The summed E-state index contributed by atoms with van der Waals surface area (Å²) < 4.78 is 33.7. The molecular formula is C25H28F2N6O2. The highest BCUT2D eigenvalue weighted by atomic mass is 19.3. The second-order valence-electron chi connectivity index (χ2n) is 9.92. The van der Waals surface area contributed by atoms with Gasteiger partial charge in [0.2, 0.25) is 0 Å². The third kappa shape index (κ3) is 4.20. The van der Waals surface area contributed by atoms with E-state index in [0.29, 0.717) is 49.0 Å². The van der Waals surface area contributed by atoms with Crippen LogP contribution >= 0.6 is 0 Å². The summed E-state index contributed by atoms with van der Waals surface area (Å²) in [5.74, 6) is 1.11. The van der Waals surface area contributed by atoms with Gasteiger partial charge in [0.25, 0.3) is 12.3 Å². The Bertz CT molecular complexity index is 1270. The first-order valence-electron chi connectivity index (χ1n) is 12.1. The van der Waals surface area contributed by atoms with Crippen LogP contribution in [0.2, 0.25) is 0 Å². The lowest BCUT2D eigenvalue weighted by atomic mass is 9.94. The lowest BCUT2D eigenvalue weighted by Gasteiger charge is -2.37. The minimum Gasteiger partial charge on any atom is -0.487 e. The third-order valence-electron chi connectivity index (χ3n) is 7.39. The Kier molecular flexibility index (Phi) is 5.36. The predicted octanol–water partition coefficient (Wildman–Crippen LogP) is 3.47. The van der Waals surface area contributed by atoms with Gasteiger partial charge in [0.15, 0.2) is 5.65 Å². The van der Waals surface area contributed by atoms with Crippen molar-refractivity contribution in [1.29, 1.82) is 0 Å². The standard InChI is InChI=1S/C25H28F2N6O2/c1-25(17-3-4-17)13-16-11-19(30-24(34)18-14-29-33-6-2-5-28-23(18)33)20(12-21(16)35-25)32-9-7-31(8-10-32)15-22(26)27/h2,5-6,11-12,14,17,22H,3-4,7-10,13,15H2,1H3,(H,30,34)/t25-/m1/s1. The highest BCUT2D eigenvalue weighted by Crippen LogP contribution is 2.50. The Morgan fingerprint density at radius 2 is 2.06 bits per heavy atom. The van der Waals surface area contributed by atoms with Gasteiger partial charge in [0, 0.05) is 56.6 Å². The van der Waals surface area contributed by atoms with Crippen LogP contribution in [0, 0.1) is 5.92 Å². The maximum absolute atomic E-state index is 13.3. The zero-order chi connectivity index (χ0) is 24.2. The largest absolute Gasteiger partial charge is 0.487 e. The van der Waals surface area contributed by atoms with Gasteiger partial charge in [0.05, 0.1) is 24.1 Å². The van der Waals surface area contributed by atoms with E-state index in [1.807, 2.05) is 12.1 Å². The molecule has 2 fully saturated rings. The van der Waals surface area contributed by atoms with Crippen LogP contribution in [0.1, 0.15) is 35.7 Å². The average molecular weight is 483 g/mol. The van der Waals surface area contributed by atoms with Crippen LogP contribution in [0.15, 0.2) is 36.8 Å². The molecule has 6 rings (SSSR count). The summed E-state index contributed by atoms with van der Waals surface area (Å²) in [6, 6.07) is 5.78. The van der Waals surface area contributed by atoms with E-state index in [1.165, 1.54) is 19.0 Å². The molecule has 0 unspecified atom stereocenters. The minimum absolute atomic E-state index is 0.216. The fourth-order valence-electron chi connectivity index (χ4n) is 5.34. The first-order valence-corrected chi connectivity index (χ1v) is 12.1. The molecule has 0 bridgehead atoms. The quantitative estimate of drug-likeness (QED) is 0.580. The number of benzene rings is 1. The smallest absolute Gasteiger partial charge is 0.261 e. The third-order valence-corrected chi connectivity index (χ3v) is 7.39. The molecule has 3 aliphatic rings. The normalized spacial score (nSPS) is 22.5. The molecule has 1 amide bonds. The van der Waals surface area contributed by atoms with E-state index in [4.69, 9.17) is 4.74 Å². The zero-order valence-corrected chi connectivity index (χ0v) is 19.6. The van der Waals surface area contributed by atoms with Crippen LogP contribution in [0.4, 0.5) is 20.2 Å². The monoisotopic (exact) mass is 482 g/mol. The second kappa shape index (κ2) is 8.44. The minimum atomic E-state index is -2.34. The van der Waals surface area contributed by atoms with E-state index in [1.54, 1.807) is 27.9 Å². The predicted molar refractivity (Wildman–Crippen MR) is 128 cm³/mol. The Hall–Kier alpha value is -3.27. The maximum Gasteiger partial charge on any atom is 0.261 e. The summed E-state index contributed by atoms with van der Waals surface area (Å²) in [4.78, 5) is 21.5. The molecule has 1 atom stereocenters. The number of halogens is 2. The van der Waals surface area contributed by atoms with Gasteiger partial charge in [-0.2, -0.15) is 5.10 Å². The number of carbonyl (C=O) groups is 1. The number of amides is 1. The number of fused-ring (bicyclic) bond motifs is 2. The van der Waals surface area contributed by atoms with Crippen molar-refractivity contribution >= 4 is 22.9 Å². The zero-order valence-electron chi connectivity index (χ0n) is 19.6. The molecule has 1 aromatic carbocycles. The Labute approximate surface area is 201 Å². The van der Waals surface area contributed by atoms with Crippen molar-refractivity contribution in [2.75, 3.05) is 42.9 Å². The summed E-state index contributed by atoms with van der Waals surface area (Å²) in [5.41, 5.74) is 3.27. The Morgan fingerprint density at radius 1 is 1.26 bits per heavy atom. The van der Waals surface area contributed by atoms with Crippen molar-refractivity contribution in [3.63, 3.8) is 0 Å². The van der Waals surface area contributed by atoms with Gasteiger partial charge in [-0.15, -0.1) is 0 Å². The lowest BCUT2D eigenvalue weighted by molar-refractivity contribution is 0.0853. The number of nitrogens with zero attached hydrogens (tertiary/aromatic N) is 5. The summed E-state index contributed by atoms with van der Waals surface area (Å²) in [5, 5.41) is 7.31. The van der Waals surface area contributed by atoms with Gasteiger partial charge in [-0.25, -0.2) is 18.3 Å². The molecular weight excluding hydrogens is 454 g/mol. The van der Waals surface area contributed by atoms with Crippen molar-refractivity contribution in [2.24, 2.45) is 5.92 Å². The number of nitrogens with one attached hydrogen (secondary N) is 1. The Balaban J connectivity index is 1.30. The van der Waals surface area contributed by atoms with E-state index < -0.39 is 6.43 Å². The molecule has 0 spiro atoms. The van der Waals surface area contributed by atoms with Gasteiger partial charge in [-0.05, 0) is 37.8 Å². The molecule has 4 heterocycles. The molecule has 1 N–H and O–H groups in total. The fourth-order valence-corrected chi connectivity index (χ4v) is 5.34. The van der Waals surface area contributed by atoms with Gasteiger partial charge in [-0.3, -0.25) is 9.69 Å². The molecule has 8 nitrogen and oxygen atoms in total. The molecule has 1 saturated carbocycles. The van der Waals surface area contributed by atoms with E-state index in [2.05, 4.69) is 27.2 Å². The number of carbonyl (C=O) groups excluding carboxylic acids is 1. The summed E-state index contributed by atoms with van der Waals surface area (Å²) >= 11 is 0. The van der Waals surface area contributed by atoms with Crippen LogP contribution in [0.25, 0.3) is 5.65 Å². The molecule has 2 aliphatic heterocycles. The molecule has 35 heavy (non-hydrogen) atoms. The molecule has 1 aliphatic carbocycles. The molecule has 0 radical (unpaired) electrons. The van der Waals surface area contributed by atoms with Gasteiger partial charge in [-0.1, -0.05) is 0 Å². The summed E-state index contributed by atoms with van der Waals surface area (Å²) in [6.07, 6.45) is 5.70. The number of ether oxygens (including phenoxy) is 1. The van der Waals surface area contributed by atoms with Crippen molar-refractivity contribution in [1.82, 2.24) is 19.5 Å². The number of aromatic nitrogens is 3. The van der Waals surface area contributed by atoms with Crippen LogP contribution in [-0.4, -0.2) is 70.2 Å². The summed E-state index contributed by atoms with van der Waals surface area (Å²) in [6.45, 7) is 4.20. The first kappa shape index (κ1) is 22.2. The van der Waals surface area contributed by atoms with E-state index in [9.17, 15) is 13.6 Å². The van der Waals surface area contributed by atoms with E-state index >= 15 is 0 Å². The highest BCUT2D eigenvalue weighted by molar-refractivity contribution is 6.09. The number of piperazine rings is 1. The van der Waals surface area contributed by atoms with Crippen LogP contribution < -0.4 is 15.0 Å². The van der Waals surface area contributed by atoms with Crippen molar-refractivity contribution in [2.45, 2.75) is 38.2 Å². The molecule has 1 saturated heterocycles. The maximum atomic E-state index is 13.3. The van der Waals surface area contributed by atoms with Crippen molar-refractivity contribution in [3.8, 4) is 5.75 Å². The average Bonchev–Trinajstić information content (AvgIpc) is 3.52. The molecule has 10 heteroatoms. The number of anilines is 2. The second-order valence-corrected chi connectivity index (χ2v) is 9.92. The van der Waals surface area contributed by atoms with Crippen molar-refractivity contribution in [3.05, 3.63) is 47.9 Å². The topological polar surface area (TPSA) is 75.0 Å². The molecule has 184 valence electrons. The first-order chi connectivity index (χ1) is 16.9. The van der Waals surface area contributed by atoms with E-state index in [-0.39, 0.29) is 18.1 Å². The van der Waals surface area contributed by atoms with Crippen LogP contribution in [0.3, 0.4) is 0 Å². The van der Waals surface area contributed by atoms with Gasteiger partial charge < -0.3 is 15.0 Å². The number of rotatable bonds is 6. The van der Waals surface area contributed by atoms with Crippen molar-refractivity contribution < 1.29 is 18.3 Å². The molecule has 3 aromatic rings. The number of hydrogen-bond donors (Lipinski definition) is 1. The van der Waals surface area contributed by atoms with Crippen LogP contribution in [-0.2, 0) is 6.42 Å². The van der Waals surface area contributed by atoms with E-state index in [0.717, 1.165) is 23.4 Å². The SMILES string of the molecule is C[C@]1(C2CC2)Cc2cc(NC(=O)c3cnn4cccnc34)c(N3CCN(CC(F)F)CC3)cc2O1. The lowest BCUT2D eigenvalue weighted by Crippen LogP contribution is -2.48.